The highest BCUT2D eigenvalue weighted by atomic mass is 35.5. The van der Waals surface area contributed by atoms with Gasteiger partial charge in [-0.2, -0.15) is 13.7 Å². The first-order valence-corrected chi connectivity index (χ1v) is 10.4. The molecule has 3 aromatic heterocycles. The highest BCUT2D eigenvalue weighted by molar-refractivity contribution is 7.00. The molecule has 0 atom stereocenters. The summed E-state index contributed by atoms with van der Waals surface area (Å²) in [5.74, 6) is 1.06. The van der Waals surface area contributed by atoms with Crippen molar-refractivity contribution in [3.8, 4) is 11.1 Å². The van der Waals surface area contributed by atoms with E-state index < -0.39 is 0 Å². The van der Waals surface area contributed by atoms with Gasteiger partial charge >= 0.3 is 0 Å². The molecule has 0 bridgehead atoms. The van der Waals surface area contributed by atoms with Crippen molar-refractivity contribution in [1.82, 2.24) is 23.7 Å². The van der Waals surface area contributed by atoms with Gasteiger partial charge in [-0.05, 0) is 36.4 Å². The van der Waals surface area contributed by atoms with Crippen LogP contribution in [0.5, 0.6) is 0 Å². The van der Waals surface area contributed by atoms with Crippen LogP contribution in [-0.4, -0.2) is 30.7 Å². The van der Waals surface area contributed by atoms with Gasteiger partial charge in [0.05, 0.1) is 21.8 Å². The van der Waals surface area contributed by atoms with Crippen LogP contribution >= 0.6 is 34.9 Å². The zero-order valence-electron chi connectivity index (χ0n) is 15.5. The number of benzene rings is 2. The summed E-state index contributed by atoms with van der Waals surface area (Å²) in [6.45, 7) is 0. The van der Waals surface area contributed by atoms with Crippen molar-refractivity contribution in [2.24, 2.45) is 0 Å². The molecule has 0 spiro atoms. The van der Waals surface area contributed by atoms with Crippen LogP contribution in [0.1, 0.15) is 0 Å². The molecule has 148 valence electrons. The quantitative estimate of drug-likeness (QED) is 0.355. The van der Waals surface area contributed by atoms with Crippen LogP contribution in [-0.2, 0) is 0 Å². The molecule has 0 aliphatic heterocycles. The van der Waals surface area contributed by atoms with Gasteiger partial charge in [0.15, 0.2) is 5.65 Å². The minimum atomic E-state index is 0.433. The molecule has 0 aliphatic rings. The number of pyridine rings is 1. The van der Waals surface area contributed by atoms with E-state index in [1.165, 1.54) is 11.7 Å². The summed E-state index contributed by atoms with van der Waals surface area (Å²) < 4.78 is 8.46. The number of anilines is 3. The first-order valence-electron chi connectivity index (χ1n) is 8.91. The van der Waals surface area contributed by atoms with Crippen molar-refractivity contribution in [2.75, 3.05) is 17.7 Å². The van der Waals surface area contributed by atoms with Gasteiger partial charge < -0.3 is 10.6 Å². The van der Waals surface area contributed by atoms with Crippen LogP contribution in [0.3, 0.4) is 0 Å². The van der Waals surface area contributed by atoms with Crippen LogP contribution in [0.15, 0.2) is 48.7 Å². The maximum atomic E-state index is 6.40. The Bertz CT molecular complexity index is 1380. The molecule has 2 aromatic carbocycles. The summed E-state index contributed by atoms with van der Waals surface area (Å²) in [7, 11) is 1.79. The van der Waals surface area contributed by atoms with Gasteiger partial charge in [0, 0.05) is 35.4 Å². The molecule has 5 rings (SSSR count). The maximum Gasteiger partial charge on any atom is 0.229 e. The van der Waals surface area contributed by atoms with Gasteiger partial charge in [0.1, 0.15) is 16.9 Å². The van der Waals surface area contributed by atoms with Gasteiger partial charge in [0.25, 0.3) is 0 Å². The predicted molar refractivity (Wildman–Crippen MR) is 123 cm³/mol. The molecule has 0 unspecified atom stereocenters. The fourth-order valence-corrected chi connectivity index (χ4v) is 4.27. The molecule has 2 N–H and O–H groups in total. The molecular weight excluding hydrogens is 441 g/mol. The van der Waals surface area contributed by atoms with Gasteiger partial charge in [-0.1, -0.05) is 29.3 Å². The lowest BCUT2D eigenvalue weighted by Gasteiger charge is -2.13. The van der Waals surface area contributed by atoms with Crippen LogP contribution in [0.4, 0.5) is 17.5 Å². The third-order valence-electron chi connectivity index (χ3n) is 4.55. The first kappa shape index (κ1) is 18.9. The number of fused-ring (bicyclic) bond motifs is 2. The molecule has 3 heterocycles. The highest BCUT2D eigenvalue weighted by Crippen LogP contribution is 2.39. The number of hydrogen-bond donors (Lipinski definition) is 2. The van der Waals surface area contributed by atoms with E-state index in [0.29, 0.717) is 33.0 Å². The molecule has 0 fully saturated rings. The Balaban J connectivity index is 1.56. The lowest BCUT2D eigenvalue weighted by atomic mass is 10.1. The van der Waals surface area contributed by atoms with Crippen molar-refractivity contribution < 1.29 is 0 Å². The summed E-state index contributed by atoms with van der Waals surface area (Å²) in [4.78, 5) is 13.6. The van der Waals surface area contributed by atoms with Crippen LogP contribution in [0, 0.1) is 0 Å². The van der Waals surface area contributed by atoms with E-state index in [9.17, 15) is 0 Å². The lowest BCUT2D eigenvalue weighted by Crippen LogP contribution is -2.01. The normalized spacial score (nSPS) is 11.2. The van der Waals surface area contributed by atoms with E-state index in [1.54, 1.807) is 25.4 Å². The van der Waals surface area contributed by atoms with E-state index in [-0.39, 0.29) is 0 Å². The summed E-state index contributed by atoms with van der Waals surface area (Å²) in [5, 5.41) is 8.16. The number of hydrogen-bond acceptors (Lipinski definition) is 8. The Labute approximate surface area is 185 Å². The van der Waals surface area contributed by atoms with Gasteiger partial charge in [-0.25, -0.2) is 9.97 Å². The number of aromatic nitrogens is 5. The maximum absolute atomic E-state index is 6.40. The molecule has 0 saturated heterocycles. The topological polar surface area (TPSA) is 88.5 Å². The molecule has 0 amide bonds. The lowest BCUT2D eigenvalue weighted by molar-refractivity contribution is 1.18. The van der Waals surface area contributed by atoms with Crippen molar-refractivity contribution in [2.45, 2.75) is 0 Å². The second kappa shape index (κ2) is 7.64. The fraction of sp³-hybridized carbons (Fsp3) is 0.0500. The van der Waals surface area contributed by atoms with Gasteiger partial charge in [0.2, 0.25) is 5.95 Å². The minimum Gasteiger partial charge on any atom is -0.373 e. The molecule has 10 heteroatoms. The average molecular weight is 454 g/mol. The Morgan fingerprint density at radius 2 is 1.73 bits per heavy atom. The van der Waals surface area contributed by atoms with Crippen LogP contribution in [0.2, 0.25) is 10.0 Å². The van der Waals surface area contributed by atoms with E-state index >= 15 is 0 Å². The Morgan fingerprint density at radius 1 is 0.933 bits per heavy atom. The Morgan fingerprint density at radius 3 is 2.53 bits per heavy atom. The average Bonchev–Trinajstić information content (AvgIpc) is 3.21. The number of rotatable bonds is 4. The Kier molecular flexibility index (Phi) is 4.82. The first-order chi connectivity index (χ1) is 14.6. The third kappa shape index (κ3) is 3.39. The minimum absolute atomic E-state index is 0.433. The zero-order valence-corrected chi connectivity index (χ0v) is 17.8. The van der Waals surface area contributed by atoms with Crippen molar-refractivity contribution in [3.63, 3.8) is 0 Å². The second-order valence-electron chi connectivity index (χ2n) is 6.43. The molecule has 0 radical (unpaired) electrons. The fourth-order valence-electron chi connectivity index (χ4n) is 3.15. The zero-order chi connectivity index (χ0) is 20.7. The number of halogens is 2. The van der Waals surface area contributed by atoms with Crippen molar-refractivity contribution >= 4 is 74.5 Å². The van der Waals surface area contributed by atoms with Crippen molar-refractivity contribution in [3.05, 3.63) is 58.7 Å². The summed E-state index contributed by atoms with van der Waals surface area (Å²) in [6.07, 6.45) is 1.72. The van der Waals surface area contributed by atoms with Crippen LogP contribution < -0.4 is 10.6 Å². The standard InChI is InChI=1S/C20H13Cl2N7S/c1-23-19-12(17-13(21)3-2-4-14(17)22)7-10-9-24-20(27-18(10)26-19)25-11-5-6-15-16(8-11)29-30-28-15/h2-9H,1H3,(H2,23,24,25,26,27). The molecule has 7 nitrogen and oxygen atoms in total. The van der Waals surface area contributed by atoms with Crippen LogP contribution in [0.25, 0.3) is 33.2 Å². The van der Waals surface area contributed by atoms with Gasteiger partial charge in [-0.15, -0.1) is 0 Å². The third-order valence-corrected chi connectivity index (χ3v) is 5.73. The van der Waals surface area contributed by atoms with E-state index in [4.69, 9.17) is 23.2 Å². The largest absolute Gasteiger partial charge is 0.373 e. The SMILES string of the molecule is CNc1nc2nc(Nc3ccc4nsnc4c3)ncc2cc1-c1c(Cl)cccc1Cl. The summed E-state index contributed by atoms with van der Waals surface area (Å²) >= 11 is 14.0. The molecule has 30 heavy (non-hydrogen) atoms. The summed E-state index contributed by atoms with van der Waals surface area (Å²) in [5.41, 5.74) is 4.54. The molecule has 0 aliphatic carbocycles. The van der Waals surface area contributed by atoms with E-state index in [0.717, 1.165) is 27.7 Å². The van der Waals surface area contributed by atoms with E-state index in [1.807, 2.05) is 30.3 Å². The smallest absolute Gasteiger partial charge is 0.229 e. The molecule has 5 aromatic rings. The Hall–Kier alpha value is -3.07. The molecular formula is C20H13Cl2N7S. The van der Waals surface area contributed by atoms with Gasteiger partial charge in [-0.3, -0.25) is 0 Å². The summed E-state index contributed by atoms with van der Waals surface area (Å²) in [6, 6.07) is 13.0. The highest BCUT2D eigenvalue weighted by Gasteiger charge is 2.15. The molecule has 0 saturated carbocycles. The predicted octanol–water partition coefficient (Wildman–Crippen LogP) is 5.79. The number of nitrogens with one attached hydrogen (secondary N) is 2. The number of nitrogens with zero attached hydrogens (tertiary/aromatic N) is 5. The monoisotopic (exact) mass is 453 g/mol. The van der Waals surface area contributed by atoms with E-state index in [2.05, 4.69) is 34.3 Å². The second-order valence-corrected chi connectivity index (χ2v) is 7.77. The van der Waals surface area contributed by atoms with Crippen molar-refractivity contribution in [1.29, 1.82) is 0 Å².